The Hall–Kier alpha value is -2.35. The largest absolute Gasteiger partial charge is 0.344 e. The number of nitrogens with zero attached hydrogens (tertiary/aromatic N) is 2. The number of nitrogens with one attached hydrogen (secondary N) is 2. The smallest absolute Gasteiger partial charge is 0.249 e. The Morgan fingerprint density at radius 1 is 1.19 bits per heavy atom. The van der Waals surface area contributed by atoms with Gasteiger partial charge in [0.05, 0.1) is 0 Å². The van der Waals surface area contributed by atoms with Crippen LogP contribution in [0.25, 0.3) is 10.6 Å². The van der Waals surface area contributed by atoms with E-state index in [-0.39, 0.29) is 23.5 Å². The summed E-state index contributed by atoms with van der Waals surface area (Å²) in [4.78, 5) is 24.5. The van der Waals surface area contributed by atoms with E-state index in [0.717, 1.165) is 18.4 Å². The van der Waals surface area contributed by atoms with E-state index in [1.807, 2.05) is 20.8 Å². The third-order valence-electron chi connectivity index (χ3n) is 4.04. The Bertz CT molecular complexity index is 748. The number of amides is 2. The number of aromatic nitrogens is 2. The first-order chi connectivity index (χ1) is 12.4. The van der Waals surface area contributed by atoms with E-state index in [9.17, 15) is 14.0 Å². The zero-order valence-corrected chi connectivity index (χ0v) is 15.9. The molecule has 2 rings (SSSR count). The normalized spacial score (nSPS) is 13.1. The lowest BCUT2D eigenvalue weighted by atomic mass is 9.98. The minimum atomic E-state index is -0.628. The summed E-state index contributed by atoms with van der Waals surface area (Å²) in [6.45, 7) is 5.80. The van der Waals surface area contributed by atoms with Gasteiger partial charge in [0.2, 0.25) is 16.9 Å². The first kappa shape index (κ1) is 20.0. The maximum atomic E-state index is 13.0. The van der Waals surface area contributed by atoms with Crippen LogP contribution in [0.15, 0.2) is 24.3 Å². The van der Waals surface area contributed by atoms with Crippen LogP contribution in [0, 0.1) is 11.7 Å². The van der Waals surface area contributed by atoms with E-state index < -0.39 is 6.04 Å². The molecule has 0 radical (unpaired) electrons. The van der Waals surface area contributed by atoms with Crippen LogP contribution in [0.2, 0.25) is 0 Å². The molecule has 1 aromatic carbocycles. The summed E-state index contributed by atoms with van der Waals surface area (Å²) in [6, 6.07) is 5.27. The second kappa shape index (κ2) is 9.38. The van der Waals surface area contributed by atoms with Crippen LogP contribution in [-0.4, -0.2) is 28.1 Å². The molecule has 0 saturated carbocycles. The molecule has 0 aliphatic heterocycles. The van der Waals surface area contributed by atoms with E-state index in [2.05, 4.69) is 20.8 Å². The second-order valence-corrected chi connectivity index (χ2v) is 7.07. The van der Waals surface area contributed by atoms with Crippen LogP contribution in [-0.2, 0) is 9.59 Å². The van der Waals surface area contributed by atoms with Gasteiger partial charge in [-0.3, -0.25) is 14.9 Å². The van der Waals surface area contributed by atoms with E-state index in [1.165, 1.54) is 23.5 Å². The third kappa shape index (κ3) is 5.32. The van der Waals surface area contributed by atoms with Crippen molar-refractivity contribution in [3.05, 3.63) is 30.1 Å². The molecule has 26 heavy (non-hydrogen) atoms. The van der Waals surface area contributed by atoms with Gasteiger partial charge in [0, 0.05) is 12.0 Å². The number of halogens is 1. The van der Waals surface area contributed by atoms with Crippen molar-refractivity contribution in [3.63, 3.8) is 0 Å². The molecule has 2 N–H and O–H groups in total. The predicted octanol–water partition coefficient (Wildman–Crippen LogP) is 3.61. The summed E-state index contributed by atoms with van der Waals surface area (Å²) in [6.07, 6.45) is 1.85. The number of carbonyl (C=O) groups excluding carboxylic acids is 2. The molecule has 0 aliphatic carbocycles. The molecule has 0 unspecified atom stereocenters. The van der Waals surface area contributed by atoms with Crippen molar-refractivity contribution in [1.29, 1.82) is 0 Å². The quantitative estimate of drug-likeness (QED) is 0.735. The zero-order valence-electron chi connectivity index (χ0n) is 15.1. The number of carbonyl (C=O) groups is 2. The molecular weight excluding hydrogens is 355 g/mol. The fourth-order valence-corrected chi connectivity index (χ4v) is 3.09. The highest BCUT2D eigenvalue weighted by Crippen LogP contribution is 2.26. The van der Waals surface area contributed by atoms with Crippen molar-refractivity contribution in [2.75, 3.05) is 5.32 Å². The first-order valence-corrected chi connectivity index (χ1v) is 9.45. The summed E-state index contributed by atoms with van der Waals surface area (Å²) in [7, 11) is 0. The average molecular weight is 378 g/mol. The van der Waals surface area contributed by atoms with Crippen molar-refractivity contribution in [2.45, 2.75) is 46.1 Å². The Kier molecular flexibility index (Phi) is 7.20. The highest BCUT2D eigenvalue weighted by atomic mass is 32.1. The average Bonchev–Trinajstić information content (AvgIpc) is 3.08. The van der Waals surface area contributed by atoms with Crippen LogP contribution in [0.3, 0.4) is 0 Å². The number of rotatable bonds is 8. The van der Waals surface area contributed by atoms with Crippen LogP contribution in [0.1, 0.15) is 40.0 Å². The number of hydrogen-bond donors (Lipinski definition) is 2. The Balaban J connectivity index is 2.08. The highest BCUT2D eigenvalue weighted by Gasteiger charge is 2.26. The van der Waals surface area contributed by atoms with Crippen molar-refractivity contribution in [1.82, 2.24) is 15.5 Å². The fraction of sp³-hybridized carbons (Fsp3) is 0.444. The van der Waals surface area contributed by atoms with Crippen molar-refractivity contribution >= 4 is 28.3 Å². The van der Waals surface area contributed by atoms with E-state index in [1.54, 1.807) is 12.1 Å². The molecule has 0 saturated heterocycles. The van der Waals surface area contributed by atoms with Gasteiger partial charge >= 0.3 is 0 Å². The van der Waals surface area contributed by atoms with Gasteiger partial charge in [-0.15, -0.1) is 10.2 Å². The van der Waals surface area contributed by atoms with Crippen molar-refractivity contribution in [2.24, 2.45) is 5.92 Å². The van der Waals surface area contributed by atoms with Gasteiger partial charge in [-0.1, -0.05) is 38.5 Å². The van der Waals surface area contributed by atoms with Crippen molar-refractivity contribution < 1.29 is 14.0 Å². The van der Waals surface area contributed by atoms with Gasteiger partial charge in [-0.25, -0.2) is 4.39 Å². The van der Waals surface area contributed by atoms with Gasteiger partial charge in [-0.2, -0.15) is 0 Å². The van der Waals surface area contributed by atoms with E-state index in [0.29, 0.717) is 16.6 Å². The van der Waals surface area contributed by atoms with Crippen LogP contribution in [0.4, 0.5) is 9.52 Å². The molecule has 2 amide bonds. The maximum absolute atomic E-state index is 13.0. The summed E-state index contributed by atoms with van der Waals surface area (Å²) in [5.41, 5.74) is 0.721. The molecule has 140 valence electrons. The summed E-state index contributed by atoms with van der Waals surface area (Å²) in [5.74, 6) is -0.797. The van der Waals surface area contributed by atoms with E-state index >= 15 is 0 Å². The van der Waals surface area contributed by atoms with Gasteiger partial charge in [0.25, 0.3) is 0 Å². The first-order valence-electron chi connectivity index (χ1n) is 8.64. The molecule has 0 fully saturated rings. The molecule has 6 nitrogen and oxygen atoms in total. The molecule has 0 spiro atoms. The molecular formula is C18H23FN4O2S. The Labute approximate surface area is 156 Å². The van der Waals surface area contributed by atoms with Gasteiger partial charge < -0.3 is 5.32 Å². The molecule has 1 aromatic heterocycles. The molecule has 2 aromatic rings. The lowest BCUT2D eigenvalue weighted by molar-refractivity contribution is -0.127. The maximum Gasteiger partial charge on any atom is 0.249 e. The number of anilines is 1. The standard InChI is InChI=1S/C18H23FN4O2S/c1-4-6-14(24)20-15(11(3)5-2)16(25)21-18-23-22-17(26-18)12-7-9-13(19)10-8-12/h7-11,15H,4-6H2,1-3H3,(H,20,24)(H,21,23,25)/t11-,15+/m0/s1. The fourth-order valence-electron chi connectivity index (χ4n) is 2.34. The van der Waals surface area contributed by atoms with Crippen molar-refractivity contribution in [3.8, 4) is 10.6 Å². The topological polar surface area (TPSA) is 84.0 Å². The minimum absolute atomic E-state index is 0.0136. The van der Waals surface area contributed by atoms with Gasteiger partial charge in [0.15, 0.2) is 0 Å². The van der Waals surface area contributed by atoms with Gasteiger partial charge in [0.1, 0.15) is 16.9 Å². The van der Waals surface area contributed by atoms with Crippen LogP contribution < -0.4 is 10.6 Å². The molecule has 0 bridgehead atoms. The second-order valence-electron chi connectivity index (χ2n) is 6.09. The lowest BCUT2D eigenvalue weighted by Gasteiger charge is -2.22. The zero-order chi connectivity index (χ0) is 19.1. The van der Waals surface area contributed by atoms with Gasteiger partial charge in [-0.05, 0) is 36.6 Å². The third-order valence-corrected chi connectivity index (χ3v) is 4.92. The lowest BCUT2D eigenvalue weighted by Crippen LogP contribution is -2.47. The minimum Gasteiger partial charge on any atom is -0.344 e. The molecule has 2 atom stereocenters. The monoisotopic (exact) mass is 378 g/mol. The number of hydrogen-bond acceptors (Lipinski definition) is 5. The van der Waals surface area contributed by atoms with Crippen LogP contribution in [0.5, 0.6) is 0 Å². The predicted molar refractivity (Wildman–Crippen MR) is 100 cm³/mol. The SMILES string of the molecule is CCCC(=O)N[C@@H](C(=O)Nc1nnc(-c2ccc(F)cc2)s1)[C@@H](C)CC. The Morgan fingerprint density at radius 2 is 1.88 bits per heavy atom. The molecule has 8 heteroatoms. The summed E-state index contributed by atoms with van der Waals surface area (Å²) in [5, 5.41) is 14.4. The van der Waals surface area contributed by atoms with E-state index in [4.69, 9.17) is 0 Å². The highest BCUT2D eigenvalue weighted by molar-refractivity contribution is 7.18. The van der Waals surface area contributed by atoms with Crippen LogP contribution >= 0.6 is 11.3 Å². The Morgan fingerprint density at radius 3 is 2.50 bits per heavy atom. The molecule has 1 heterocycles. The summed E-state index contributed by atoms with van der Waals surface area (Å²) < 4.78 is 13.0. The summed E-state index contributed by atoms with van der Waals surface area (Å²) >= 11 is 1.20. The molecule has 0 aliphatic rings. The number of benzene rings is 1.